The Balaban J connectivity index is 3.05. The Morgan fingerprint density at radius 2 is 1.62 bits per heavy atom. The molecule has 0 radical (unpaired) electrons. The standard InChI is InChI=1S/C13H18Cl2O/c1-3-7-13(16,8-4-2)10-5-6-11(14)12(15)9-10/h5-6,9,16H,3-4,7-8H2,1-2H3. The van der Waals surface area contributed by atoms with Crippen molar-refractivity contribution in [3.05, 3.63) is 33.8 Å². The Morgan fingerprint density at radius 3 is 2.06 bits per heavy atom. The van der Waals surface area contributed by atoms with Crippen LogP contribution in [0, 0.1) is 0 Å². The van der Waals surface area contributed by atoms with Gasteiger partial charge in [-0.1, -0.05) is 56.0 Å². The Kier molecular flexibility index (Phi) is 5.10. The third-order valence-corrected chi connectivity index (χ3v) is 3.52. The fraction of sp³-hybridized carbons (Fsp3) is 0.538. The van der Waals surface area contributed by atoms with Crippen LogP contribution in [0.3, 0.4) is 0 Å². The van der Waals surface area contributed by atoms with Gasteiger partial charge in [0, 0.05) is 0 Å². The molecule has 1 nitrogen and oxygen atoms in total. The average Bonchev–Trinajstić information content (AvgIpc) is 2.22. The number of hydrogen-bond donors (Lipinski definition) is 1. The molecular weight excluding hydrogens is 243 g/mol. The largest absolute Gasteiger partial charge is 0.385 e. The van der Waals surface area contributed by atoms with Gasteiger partial charge < -0.3 is 5.11 Å². The zero-order valence-corrected chi connectivity index (χ0v) is 11.3. The molecule has 0 aliphatic heterocycles. The van der Waals surface area contributed by atoms with E-state index in [1.54, 1.807) is 12.1 Å². The summed E-state index contributed by atoms with van der Waals surface area (Å²) in [6.07, 6.45) is 3.38. The molecule has 3 heteroatoms. The summed E-state index contributed by atoms with van der Waals surface area (Å²) in [5.41, 5.74) is 0.100. The molecule has 0 spiro atoms. The van der Waals surface area contributed by atoms with E-state index < -0.39 is 5.60 Å². The average molecular weight is 261 g/mol. The lowest BCUT2D eigenvalue weighted by molar-refractivity contribution is 0.0170. The van der Waals surface area contributed by atoms with Gasteiger partial charge in [0.2, 0.25) is 0 Å². The predicted octanol–water partition coefficient (Wildman–Crippen LogP) is 4.78. The Morgan fingerprint density at radius 1 is 1.06 bits per heavy atom. The Hall–Kier alpha value is -0.240. The van der Waals surface area contributed by atoms with E-state index >= 15 is 0 Å². The second-order valence-corrected chi connectivity index (χ2v) is 4.97. The summed E-state index contributed by atoms with van der Waals surface area (Å²) in [5.74, 6) is 0. The smallest absolute Gasteiger partial charge is 0.0896 e. The fourth-order valence-electron chi connectivity index (χ4n) is 2.03. The van der Waals surface area contributed by atoms with Crippen LogP contribution in [-0.4, -0.2) is 5.11 Å². The Labute approximate surface area is 107 Å². The highest BCUT2D eigenvalue weighted by molar-refractivity contribution is 6.42. The van der Waals surface area contributed by atoms with Gasteiger partial charge >= 0.3 is 0 Å². The highest BCUT2D eigenvalue weighted by Gasteiger charge is 2.27. The topological polar surface area (TPSA) is 20.2 Å². The van der Waals surface area contributed by atoms with E-state index in [0.29, 0.717) is 10.0 Å². The van der Waals surface area contributed by atoms with Gasteiger partial charge in [0.25, 0.3) is 0 Å². The summed E-state index contributed by atoms with van der Waals surface area (Å²) in [6.45, 7) is 4.14. The molecule has 0 saturated heterocycles. The molecule has 0 unspecified atom stereocenters. The lowest BCUT2D eigenvalue weighted by Gasteiger charge is -2.28. The van der Waals surface area contributed by atoms with Crippen LogP contribution in [0.2, 0.25) is 10.0 Å². The number of aliphatic hydroxyl groups is 1. The summed E-state index contributed by atoms with van der Waals surface area (Å²) in [7, 11) is 0. The van der Waals surface area contributed by atoms with Crippen LogP contribution in [0.5, 0.6) is 0 Å². The molecule has 90 valence electrons. The SMILES string of the molecule is CCCC(O)(CCC)c1ccc(Cl)c(Cl)c1. The molecule has 0 atom stereocenters. The lowest BCUT2D eigenvalue weighted by atomic mass is 9.85. The molecule has 1 aromatic rings. The van der Waals surface area contributed by atoms with E-state index in [4.69, 9.17) is 23.2 Å². The summed E-state index contributed by atoms with van der Waals surface area (Å²) in [6, 6.07) is 5.38. The minimum absolute atomic E-state index is 0.504. The molecule has 0 amide bonds. The van der Waals surface area contributed by atoms with Crippen molar-refractivity contribution >= 4 is 23.2 Å². The fourth-order valence-corrected chi connectivity index (χ4v) is 2.32. The molecule has 0 aromatic heterocycles. The highest BCUT2D eigenvalue weighted by Crippen LogP contribution is 2.34. The molecule has 1 rings (SSSR count). The minimum atomic E-state index is -0.766. The van der Waals surface area contributed by atoms with Gasteiger partial charge in [-0.3, -0.25) is 0 Å². The van der Waals surface area contributed by atoms with Crippen LogP contribution >= 0.6 is 23.2 Å². The molecule has 0 saturated carbocycles. The Bertz CT molecular complexity index is 344. The highest BCUT2D eigenvalue weighted by atomic mass is 35.5. The zero-order valence-electron chi connectivity index (χ0n) is 9.76. The van der Waals surface area contributed by atoms with Crippen LogP contribution in [-0.2, 0) is 5.60 Å². The van der Waals surface area contributed by atoms with Gasteiger partial charge in [-0.15, -0.1) is 0 Å². The van der Waals surface area contributed by atoms with Gasteiger partial charge in [-0.25, -0.2) is 0 Å². The van der Waals surface area contributed by atoms with Crippen molar-refractivity contribution < 1.29 is 5.11 Å². The molecule has 0 aliphatic carbocycles. The maximum atomic E-state index is 10.6. The second kappa shape index (κ2) is 5.90. The minimum Gasteiger partial charge on any atom is -0.385 e. The quantitative estimate of drug-likeness (QED) is 0.808. The third-order valence-electron chi connectivity index (χ3n) is 2.78. The van der Waals surface area contributed by atoms with Crippen LogP contribution < -0.4 is 0 Å². The van der Waals surface area contributed by atoms with Crippen molar-refractivity contribution in [3.8, 4) is 0 Å². The van der Waals surface area contributed by atoms with Crippen LogP contribution in [0.15, 0.2) is 18.2 Å². The molecule has 16 heavy (non-hydrogen) atoms. The van der Waals surface area contributed by atoms with Gasteiger partial charge in [0.05, 0.1) is 15.6 Å². The molecule has 0 bridgehead atoms. The van der Waals surface area contributed by atoms with Gasteiger partial charge in [-0.2, -0.15) is 0 Å². The number of halogens is 2. The molecule has 0 fully saturated rings. The lowest BCUT2D eigenvalue weighted by Crippen LogP contribution is -2.25. The van der Waals surface area contributed by atoms with Crippen molar-refractivity contribution in [1.82, 2.24) is 0 Å². The van der Waals surface area contributed by atoms with Gasteiger partial charge in [-0.05, 0) is 30.5 Å². The maximum Gasteiger partial charge on any atom is 0.0896 e. The maximum absolute atomic E-state index is 10.6. The summed E-state index contributed by atoms with van der Waals surface area (Å²) < 4.78 is 0. The van der Waals surface area contributed by atoms with E-state index in [2.05, 4.69) is 13.8 Å². The van der Waals surface area contributed by atoms with E-state index in [0.717, 1.165) is 31.2 Å². The van der Waals surface area contributed by atoms with Crippen molar-refractivity contribution in [2.75, 3.05) is 0 Å². The van der Waals surface area contributed by atoms with Gasteiger partial charge in [0.1, 0.15) is 0 Å². The molecule has 1 N–H and O–H groups in total. The third kappa shape index (κ3) is 3.13. The van der Waals surface area contributed by atoms with Crippen molar-refractivity contribution in [1.29, 1.82) is 0 Å². The molecule has 0 aliphatic rings. The second-order valence-electron chi connectivity index (χ2n) is 4.16. The van der Waals surface area contributed by atoms with E-state index in [9.17, 15) is 5.11 Å². The van der Waals surface area contributed by atoms with Gasteiger partial charge in [0.15, 0.2) is 0 Å². The van der Waals surface area contributed by atoms with Crippen LogP contribution in [0.25, 0.3) is 0 Å². The van der Waals surface area contributed by atoms with Crippen LogP contribution in [0.4, 0.5) is 0 Å². The molecular formula is C13H18Cl2O. The normalized spacial score (nSPS) is 11.8. The predicted molar refractivity (Wildman–Crippen MR) is 70.2 cm³/mol. The summed E-state index contributed by atoms with van der Waals surface area (Å²) in [4.78, 5) is 0. The van der Waals surface area contributed by atoms with Crippen LogP contribution in [0.1, 0.15) is 45.1 Å². The first kappa shape index (κ1) is 13.8. The zero-order chi connectivity index (χ0) is 12.2. The monoisotopic (exact) mass is 260 g/mol. The van der Waals surface area contributed by atoms with E-state index in [1.807, 2.05) is 6.07 Å². The van der Waals surface area contributed by atoms with E-state index in [-0.39, 0.29) is 0 Å². The van der Waals surface area contributed by atoms with Crippen molar-refractivity contribution in [2.45, 2.75) is 45.1 Å². The summed E-state index contributed by atoms with van der Waals surface area (Å²) in [5, 5.41) is 11.6. The number of rotatable bonds is 5. The molecule has 0 heterocycles. The molecule has 1 aromatic carbocycles. The van der Waals surface area contributed by atoms with Crippen molar-refractivity contribution in [2.24, 2.45) is 0 Å². The van der Waals surface area contributed by atoms with E-state index in [1.165, 1.54) is 0 Å². The van der Waals surface area contributed by atoms with Crippen molar-refractivity contribution in [3.63, 3.8) is 0 Å². The first-order valence-electron chi connectivity index (χ1n) is 5.71. The summed E-state index contributed by atoms with van der Waals surface area (Å²) >= 11 is 11.8. The first-order chi connectivity index (χ1) is 7.53. The number of benzene rings is 1. The number of hydrogen-bond acceptors (Lipinski definition) is 1. The first-order valence-corrected chi connectivity index (χ1v) is 6.47.